The Labute approximate surface area is 154 Å². The molecular formula is C17H18N4O4S. The zero-order valence-electron chi connectivity index (χ0n) is 13.9. The standard InChI is InChI=1S/C17H18N4O4S/c22-14(21-16(24)19-12-6-7-12)9-25-15(23)13-10-26-17(20-13)18-8-11-4-2-1-3-5-11/h1-5,10,12H,6-9H2,(H,18,20)(H2,19,21,22,24). The number of amides is 3. The van der Waals surface area contributed by atoms with E-state index in [2.05, 4.69) is 20.9 Å². The number of carbonyl (C=O) groups excluding carboxylic acids is 3. The maximum atomic E-state index is 11.9. The summed E-state index contributed by atoms with van der Waals surface area (Å²) < 4.78 is 4.87. The average Bonchev–Trinajstić information content (AvgIpc) is 3.32. The molecule has 1 aromatic carbocycles. The number of nitrogens with one attached hydrogen (secondary N) is 3. The zero-order chi connectivity index (χ0) is 18.4. The van der Waals surface area contributed by atoms with Gasteiger partial charge in [0.25, 0.3) is 5.91 Å². The number of carbonyl (C=O) groups is 3. The number of urea groups is 1. The zero-order valence-corrected chi connectivity index (χ0v) is 14.7. The van der Waals surface area contributed by atoms with Gasteiger partial charge in [0.05, 0.1) is 0 Å². The largest absolute Gasteiger partial charge is 0.451 e. The van der Waals surface area contributed by atoms with Crippen molar-refractivity contribution < 1.29 is 19.1 Å². The van der Waals surface area contributed by atoms with Crippen molar-refractivity contribution in [2.75, 3.05) is 11.9 Å². The summed E-state index contributed by atoms with van der Waals surface area (Å²) in [7, 11) is 0. The van der Waals surface area contributed by atoms with Crippen LogP contribution < -0.4 is 16.0 Å². The molecule has 1 aliphatic rings. The predicted molar refractivity (Wildman–Crippen MR) is 95.9 cm³/mol. The van der Waals surface area contributed by atoms with E-state index in [1.165, 1.54) is 11.3 Å². The number of benzene rings is 1. The molecule has 1 fully saturated rings. The van der Waals surface area contributed by atoms with Gasteiger partial charge in [-0.2, -0.15) is 0 Å². The van der Waals surface area contributed by atoms with E-state index in [9.17, 15) is 14.4 Å². The van der Waals surface area contributed by atoms with Gasteiger partial charge in [-0.3, -0.25) is 10.1 Å². The maximum absolute atomic E-state index is 11.9. The third-order valence-corrected chi connectivity index (χ3v) is 4.30. The van der Waals surface area contributed by atoms with Gasteiger partial charge in [0.2, 0.25) is 0 Å². The van der Waals surface area contributed by atoms with Crippen molar-refractivity contribution in [3.8, 4) is 0 Å². The van der Waals surface area contributed by atoms with Gasteiger partial charge in [-0.15, -0.1) is 11.3 Å². The van der Waals surface area contributed by atoms with Crippen LogP contribution in [0.1, 0.15) is 28.9 Å². The molecule has 0 atom stereocenters. The molecular weight excluding hydrogens is 356 g/mol. The number of aromatic nitrogens is 1. The first kappa shape index (κ1) is 17.9. The molecule has 0 aliphatic heterocycles. The summed E-state index contributed by atoms with van der Waals surface area (Å²) in [6, 6.07) is 9.35. The first-order valence-corrected chi connectivity index (χ1v) is 8.99. The first-order chi connectivity index (χ1) is 12.6. The Morgan fingerprint density at radius 1 is 1.19 bits per heavy atom. The van der Waals surface area contributed by atoms with E-state index < -0.39 is 24.5 Å². The summed E-state index contributed by atoms with van der Waals surface area (Å²) in [5, 5.41) is 9.96. The highest BCUT2D eigenvalue weighted by atomic mass is 32.1. The van der Waals surface area contributed by atoms with E-state index in [0.29, 0.717) is 11.7 Å². The molecule has 0 unspecified atom stereocenters. The van der Waals surface area contributed by atoms with E-state index >= 15 is 0 Å². The average molecular weight is 374 g/mol. The molecule has 2 aromatic rings. The smallest absolute Gasteiger partial charge is 0.358 e. The molecule has 0 spiro atoms. The fraction of sp³-hybridized carbons (Fsp3) is 0.294. The highest BCUT2D eigenvalue weighted by molar-refractivity contribution is 7.13. The van der Waals surface area contributed by atoms with E-state index in [4.69, 9.17) is 4.74 Å². The van der Waals surface area contributed by atoms with Crippen LogP contribution >= 0.6 is 11.3 Å². The molecule has 3 rings (SSSR count). The van der Waals surface area contributed by atoms with E-state index in [1.54, 1.807) is 5.38 Å². The summed E-state index contributed by atoms with van der Waals surface area (Å²) in [6.07, 6.45) is 1.84. The van der Waals surface area contributed by atoms with Gasteiger partial charge in [0, 0.05) is 18.0 Å². The predicted octanol–water partition coefficient (Wildman–Crippen LogP) is 1.90. The second-order valence-corrected chi connectivity index (χ2v) is 6.61. The minimum atomic E-state index is -0.716. The molecule has 0 radical (unpaired) electrons. The lowest BCUT2D eigenvalue weighted by molar-refractivity contribution is -0.123. The Hall–Kier alpha value is -2.94. The molecule has 136 valence electrons. The molecule has 0 bridgehead atoms. The molecule has 1 heterocycles. The molecule has 3 amide bonds. The minimum absolute atomic E-state index is 0.112. The molecule has 9 heteroatoms. The van der Waals surface area contributed by atoms with Crippen LogP contribution in [0, 0.1) is 0 Å². The Morgan fingerprint density at radius 3 is 2.69 bits per heavy atom. The molecule has 3 N–H and O–H groups in total. The summed E-state index contributed by atoms with van der Waals surface area (Å²) in [4.78, 5) is 39.0. The van der Waals surface area contributed by atoms with Crippen molar-refractivity contribution in [3.63, 3.8) is 0 Å². The van der Waals surface area contributed by atoms with Crippen molar-refractivity contribution in [2.45, 2.75) is 25.4 Å². The lowest BCUT2D eigenvalue weighted by Gasteiger charge is -2.05. The first-order valence-electron chi connectivity index (χ1n) is 8.11. The fourth-order valence-corrected chi connectivity index (χ4v) is 2.72. The van der Waals surface area contributed by atoms with Crippen molar-refractivity contribution in [1.29, 1.82) is 0 Å². The van der Waals surface area contributed by atoms with Crippen LogP contribution in [-0.4, -0.2) is 35.5 Å². The number of anilines is 1. The molecule has 1 aromatic heterocycles. The SMILES string of the molecule is O=C(COC(=O)c1csc(NCc2ccccc2)n1)NC(=O)NC1CC1. The van der Waals surface area contributed by atoms with Gasteiger partial charge in [-0.05, 0) is 18.4 Å². The monoisotopic (exact) mass is 374 g/mol. The van der Waals surface area contributed by atoms with Crippen LogP contribution in [0.5, 0.6) is 0 Å². The highest BCUT2D eigenvalue weighted by Crippen LogP contribution is 2.18. The third-order valence-electron chi connectivity index (χ3n) is 3.50. The Balaban J connectivity index is 1.41. The lowest BCUT2D eigenvalue weighted by Crippen LogP contribution is -2.42. The van der Waals surface area contributed by atoms with Gasteiger partial charge in [-0.25, -0.2) is 14.6 Å². The summed E-state index contributed by atoms with van der Waals surface area (Å²) in [5.74, 6) is -1.40. The Morgan fingerprint density at radius 2 is 1.96 bits per heavy atom. The second kappa shape index (κ2) is 8.43. The van der Waals surface area contributed by atoms with Crippen LogP contribution in [0.25, 0.3) is 0 Å². The van der Waals surface area contributed by atoms with Crippen LogP contribution in [-0.2, 0) is 16.1 Å². The van der Waals surface area contributed by atoms with E-state index in [0.717, 1.165) is 18.4 Å². The normalized spacial score (nSPS) is 12.9. The number of hydrogen-bond donors (Lipinski definition) is 3. The van der Waals surface area contributed by atoms with Crippen molar-refractivity contribution >= 4 is 34.4 Å². The van der Waals surface area contributed by atoms with Gasteiger partial charge >= 0.3 is 12.0 Å². The number of ether oxygens (including phenoxy) is 1. The molecule has 8 nitrogen and oxygen atoms in total. The summed E-state index contributed by atoms with van der Waals surface area (Å²) in [6.45, 7) is 0.0442. The fourth-order valence-electron chi connectivity index (χ4n) is 2.04. The van der Waals surface area contributed by atoms with Crippen molar-refractivity contribution in [2.24, 2.45) is 0 Å². The number of imide groups is 1. The third kappa shape index (κ3) is 5.55. The van der Waals surface area contributed by atoms with Gasteiger partial charge < -0.3 is 15.4 Å². The van der Waals surface area contributed by atoms with Crippen LogP contribution in [0.15, 0.2) is 35.7 Å². The van der Waals surface area contributed by atoms with E-state index in [1.807, 2.05) is 30.3 Å². The van der Waals surface area contributed by atoms with Crippen LogP contribution in [0.3, 0.4) is 0 Å². The number of nitrogens with zero attached hydrogens (tertiary/aromatic N) is 1. The van der Waals surface area contributed by atoms with Gasteiger partial charge in [0.15, 0.2) is 17.4 Å². The van der Waals surface area contributed by atoms with Gasteiger partial charge in [-0.1, -0.05) is 30.3 Å². The molecule has 1 saturated carbocycles. The molecule has 1 aliphatic carbocycles. The Bertz CT molecular complexity index is 789. The summed E-state index contributed by atoms with van der Waals surface area (Å²) in [5.41, 5.74) is 1.20. The minimum Gasteiger partial charge on any atom is -0.451 e. The highest BCUT2D eigenvalue weighted by Gasteiger charge is 2.24. The summed E-state index contributed by atoms with van der Waals surface area (Å²) >= 11 is 1.27. The molecule has 26 heavy (non-hydrogen) atoms. The second-order valence-electron chi connectivity index (χ2n) is 5.75. The topological polar surface area (TPSA) is 109 Å². The Kier molecular flexibility index (Phi) is 5.80. The van der Waals surface area contributed by atoms with E-state index in [-0.39, 0.29) is 11.7 Å². The number of esters is 1. The number of rotatable bonds is 7. The quantitative estimate of drug-likeness (QED) is 0.639. The van der Waals surface area contributed by atoms with Crippen molar-refractivity contribution in [1.82, 2.24) is 15.6 Å². The maximum Gasteiger partial charge on any atom is 0.358 e. The lowest BCUT2D eigenvalue weighted by atomic mass is 10.2. The number of thiazole rings is 1. The van der Waals surface area contributed by atoms with Gasteiger partial charge in [0.1, 0.15) is 0 Å². The van der Waals surface area contributed by atoms with Crippen LogP contribution in [0.2, 0.25) is 0 Å². The number of hydrogen-bond acceptors (Lipinski definition) is 7. The van der Waals surface area contributed by atoms with Crippen molar-refractivity contribution in [3.05, 3.63) is 47.0 Å². The van der Waals surface area contributed by atoms with Crippen LogP contribution in [0.4, 0.5) is 9.93 Å². The molecule has 0 saturated heterocycles.